The highest BCUT2D eigenvalue weighted by Gasteiger charge is 2.42. The molecule has 0 bridgehead atoms. The lowest BCUT2D eigenvalue weighted by Gasteiger charge is -2.49. The summed E-state index contributed by atoms with van der Waals surface area (Å²) < 4.78 is 0. The minimum absolute atomic E-state index is 0.379. The van der Waals surface area contributed by atoms with Crippen LogP contribution in [0.1, 0.15) is 66.2 Å². The molecule has 0 aliphatic heterocycles. The van der Waals surface area contributed by atoms with Crippen molar-refractivity contribution in [2.45, 2.75) is 78.3 Å². The van der Waals surface area contributed by atoms with Crippen LogP contribution in [0.25, 0.3) is 0 Å². The molecule has 2 heteroatoms. The fourth-order valence-electron chi connectivity index (χ4n) is 4.70. The van der Waals surface area contributed by atoms with Crippen LogP contribution in [0.2, 0.25) is 0 Å². The van der Waals surface area contributed by atoms with Crippen molar-refractivity contribution in [2.75, 3.05) is 13.6 Å². The van der Waals surface area contributed by atoms with Gasteiger partial charge in [-0.1, -0.05) is 40.5 Å². The lowest BCUT2D eigenvalue weighted by Crippen LogP contribution is -2.51. The van der Waals surface area contributed by atoms with Gasteiger partial charge < -0.3 is 10.6 Å². The topological polar surface area (TPSA) is 29.3 Å². The first kappa shape index (κ1) is 16.3. The van der Waals surface area contributed by atoms with Crippen molar-refractivity contribution >= 4 is 0 Å². The molecule has 2 nitrogen and oxygen atoms in total. The molecule has 0 aromatic heterocycles. The van der Waals surface area contributed by atoms with Crippen LogP contribution in [0, 0.1) is 23.2 Å². The molecule has 0 radical (unpaired) electrons. The Hall–Kier alpha value is -0.0800. The Balaban J connectivity index is 1.98. The fourth-order valence-corrected chi connectivity index (χ4v) is 4.70. The first-order chi connectivity index (χ1) is 9.34. The highest BCUT2D eigenvalue weighted by Crippen LogP contribution is 2.45. The molecule has 20 heavy (non-hydrogen) atoms. The minimum Gasteiger partial charge on any atom is -0.327 e. The van der Waals surface area contributed by atoms with Crippen molar-refractivity contribution in [3.8, 4) is 0 Å². The van der Waals surface area contributed by atoms with Gasteiger partial charge >= 0.3 is 0 Å². The van der Waals surface area contributed by atoms with Crippen LogP contribution in [0.15, 0.2) is 0 Å². The maximum absolute atomic E-state index is 6.30. The molecular formula is C18H36N2. The third-order valence-corrected chi connectivity index (χ3v) is 6.86. The van der Waals surface area contributed by atoms with Gasteiger partial charge in [0.15, 0.2) is 0 Å². The van der Waals surface area contributed by atoms with Crippen molar-refractivity contribution in [1.29, 1.82) is 0 Å². The summed E-state index contributed by atoms with van der Waals surface area (Å²) in [5.74, 6) is 2.31. The monoisotopic (exact) mass is 280 g/mol. The molecule has 0 aromatic carbocycles. The Morgan fingerprint density at radius 1 is 1.05 bits per heavy atom. The van der Waals surface area contributed by atoms with Crippen LogP contribution in [0.5, 0.6) is 0 Å². The molecule has 2 N–H and O–H groups in total. The summed E-state index contributed by atoms with van der Waals surface area (Å²) in [5.41, 5.74) is 6.68. The van der Waals surface area contributed by atoms with Crippen molar-refractivity contribution in [1.82, 2.24) is 4.90 Å². The second kappa shape index (κ2) is 6.36. The fraction of sp³-hybridized carbons (Fsp3) is 1.00. The summed E-state index contributed by atoms with van der Waals surface area (Å²) in [5, 5.41) is 0. The van der Waals surface area contributed by atoms with Gasteiger partial charge in [-0.3, -0.25) is 0 Å². The molecule has 2 aliphatic rings. The molecule has 5 atom stereocenters. The summed E-state index contributed by atoms with van der Waals surface area (Å²) in [6.07, 6.45) is 8.21. The number of nitrogens with zero attached hydrogens (tertiary/aromatic N) is 1. The Labute approximate surface area is 126 Å². The van der Waals surface area contributed by atoms with Gasteiger partial charge in [0.25, 0.3) is 0 Å². The number of hydrogen-bond acceptors (Lipinski definition) is 2. The number of nitrogens with two attached hydrogens (primary N) is 1. The zero-order valence-electron chi connectivity index (χ0n) is 14.4. The SMILES string of the molecule is CC1CCCCC1N(C)CC1CCC(N)C(C)C1(C)C. The molecule has 0 heterocycles. The van der Waals surface area contributed by atoms with Gasteiger partial charge in [0.1, 0.15) is 0 Å². The van der Waals surface area contributed by atoms with E-state index in [1.54, 1.807) is 0 Å². The van der Waals surface area contributed by atoms with Crippen LogP contribution in [0.3, 0.4) is 0 Å². The van der Waals surface area contributed by atoms with Crippen molar-refractivity contribution in [2.24, 2.45) is 28.9 Å². The maximum atomic E-state index is 6.30. The van der Waals surface area contributed by atoms with Crippen LogP contribution >= 0.6 is 0 Å². The molecular weight excluding hydrogens is 244 g/mol. The molecule has 2 rings (SSSR count). The summed E-state index contributed by atoms with van der Waals surface area (Å²) >= 11 is 0. The highest BCUT2D eigenvalue weighted by atomic mass is 15.1. The van der Waals surface area contributed by atoms with Gasteiger partial charge in [0.05, 0.1) is 0 Å². The average molecular weight is 280 g/mol. The van der Waals surface area contributed by atoms with E-state index in [0.717, 1.165) is 17.9 Å². The maximum Gasteiger partial charge on any atom is 0.0118 e. The first-order valence-corrected chi connectivity index (χ1v) is 8.79. The Morgan fingerprint density at radius 3 is 2.35 bits per heavy atom. The third kappa shape index (κ3) is 3.22. The number of rotatable bonds is 3. The normalized spacial score (nSPS) is 41.9. The van der Waals surface area contributed by atoms with E-state index in [2.05, 4.69) is 39.6 Å². The van der Waals surface area contributed by atoms with Crippen LogP contribution in [0.4, 0.5) is 0 Å². The van der Waals surface area contributed by atoms with Crippen molar-refractivity contribution in [3.63, 3.8) is 0 Å². The summed E-state index contributed by atoms with van der Waals surface area (Å²) in [4.78, 5) is 2.68. The molecule has 0 spiro atoms. The predicted octanol–water partition coefficient (Wildman–Crippen LogP) is 3.90. The van der Waals surface area contributed by atoms with E-state index in [-0.39, 0.29) is 0 Å². The standard InChI is InChI=1S/C18H36N2/c1-13-8-6-7-9-17(13)20(5)12-15-10-11-16(19)14(2)18(15,3)4/h13-17H,6-12,19H2,1-5H3. The summed E-state index contributed by atoms with van der Waals surface area (Å²) in [6.45, 7) is 11.0. The minimum atomic E-state index is 0.379. The van der Waals surface area contributed by atoms with Gasteiger partial charge in [-0.05, 0) is 55.9 Å². The summed E-state index contributed by atoms with van der Waals surface area (Å²) in [6, 6.07) is 1.21. The van der Waals surface area contributed by atoms with Gasteiger partial charge in [0.2, 0.25) is 0 Å². The zero-order valence-corrected chi connectivity index (χ0v) is 14.4. The highest BCUT2D eigenvalue weighted by molar-refractivity contribution is 4.95. The second-order valence-electron chi connectivity index (χ2n) is 8.32. The van der Waals surface area contributed by atoms with Gasteiger partial charge in [-0.15, -0.1) is 0 Å². The first-order valence-electron chi connectivity index (χ1n) is 8.79. The molecule has 118 valence electrons. The predicted molar refractivity (Wildman–Crippen MR) is 87.7 cm³/mol. The van der Waals surface area contributed by atoms with Gasteiger partial charge in [0, 0.05) is 18.6 Å². The third-order valence-electron chi connectivity index (χ3n) is 6.86. The van der Waals surface area contributed by atoms with E-state index in [1.165, 1.54) is 45.1 Å². The van der Waals surface area contributed by atoms with E-state index < -0.39 is 0 Å². The van der Waals surface area contributed by atoms with E-state index in [0.29, 0.717) is 17.4 Å². The van der Waals surface area contributed by atoms with E-state index >= 15 is 0 Å². The van der Waals surface area contributed by atoms with E-state index in [1.807, 2.05) is 0 Å². The molecule has 2 aliphatic carbocycles. The van der Waals surface area contributed by atoms with Crippen molar-refractivity contribution < 1.29 is 0 Å². The Kier molecular flexibility index (Phi) is 5.18. The summed E-state index contributed by atoms with van der Waals surface area (Å²) in [7, 11) is 2.36. The van der Waals surface area contributed by atoms with E-state index in [9.17, 15) is 0 Å². The molecule has 2 saturated carbocycles. The molecule has 0 amide bonds. The molecule has 0 saturated heterocycles. The lowest BCUT2D eigenvalue weighted by atomic mass is 9.61. The van der Waals surface area contributed by atoms with Crippen molar-refractivity contribution in [3.05, 3.63) is 0 Å². The molecule has 2 fully saturated rings. The van der Waals surface area contributed by atoms with Crippen LogP contribution in [-0.2, 0) is 0 Å². The second-order valence-corrected chi connectivity index (χ2v) is 8.32. The van der Waals surface area contributed by atoms with Crippen LogP contribution < -0.4 is 5.73 Å². The quantitative estimate of drug-likeness (QED) is 0.849. The lowest BCUT2D eigenvalue weighted by molar-refractivity contribution is 0.0144. The van der Waals surface area contributed by atoms with Crippen LogP contribution in [-0.4, -0.2) is 30.6 Å². The Morgan fingerprint density at radius 2 is 1.70 bits per heavy atom. The smallest absolute Gasteiger partial charge is 0.0118 e. The van der Waals surface area contributed by atoms with E-state index in [4.69, 9.17) is 5.73 Å². The largest absolute Gasteiger partial charge is 0.327 e. The zero-order chi connectivity index (χ0) is 14.9. The Bertz CT molecular complexity index is 313. The molecule has 0 aromatic rings. The number of hydrogen-bond donors (Lipinski definition) is 1. The molecule has 5 unspecified atom stereocenters. The average Bonchev–Trinajstić information content (AvgIpc) is 2.40. The van der Waals surface area contributed by atoms with Gasteiger partial charge in [-0.25, -0.2) is 0 Å². The van der Waals surface area contributed by atoms with Gasteiger partial charge in [-0.2, -0.15) is 0 Å².